The van der Waals surface area contributed by atoms with Gasteiger partial charge in [-0.1, -0.05) is 25.6 Å². The SMILES string of the molecule is C.C=NN(C)c1ccccc1C. The molecule has 12 heavy (non-hydrogen) atoms. The zero-order chi connectivity index (χ0) is 8.27. The van der Waals surface area contributed by atoms with Crippen LogP contribution in [0, 0.1) is 6.92 Å². The van der Waals surface area contributed by atoms with E-state index in [9.17, 15) is 0 Å². The molecule has 2 heteroatoms. The Morgan fingerprint density at radius 1 is 1.33 bits per heavy atom. The first-order valence-electron chi connectivity index (χ1n) is 3.51. The quantitative estimate of drug-likeness (QED) is 0.484. The molecule has 0 atom stereocenters. The number of rotatable bonds is 2. The standard InChI is InChI=1S/C9H12N2.CH4/c1-8-6-4-5-7-9(8)11(3)10-2;/h4-7H,2H2,1,3H3;1H4. The van der Waals surface area contributed by atoms with E-state index in [1.807, 2.05) is 25.2 Å². The van der Waals surface area contributed by atoms with Crippen molar-refractivity contribution in [3.8, 4) is 0 Å². The van der Waals surface area contributed by atoms with E-state index >= 15 is 0 Å². The van der Waals surface area contributed by atoms with Crippen molar-refractivity contribution in [3.63, 3.8) is 0 Å². The number of aryl methyl sites for hydroxylation is 1. The van der Waals surface area contributed by atoms with Gasteiger partial charge in [0.25, 0.3) is 0 Å². The van der Waals surface area contributed by atoms with E-state index in [-0.39, 0.29) is 7.43 Å². The second-order valence-corrected chi connectivity index (χ2v) is 2.45. The Labute approximate surface area is 74.5 Å². The van der Waals surface area contributed by atoms with Gasteiger partial charge in [0, 0.05) is 13.8 Å². The van der Waals surface area contributed by atoms with Crippen LogP contribution in [0.3, 0.4) is 0 Å². The Bertz CT molecular complexity index is 256. The lowest BCUT2D eigenvalue weighted by molar-refractivity contribution is 1.02. The van der Waals surface area contributed by atoms with E-state index in [0.29, 0.717) is 0 Å². The molecule has 0 saturated carbocycles. The van der Waals surface area contributed by atoms with Crippen molar-refractivity contribution in [1.29, 1.82) is 0 Å². The van der Waals surface area contributed by atoms with Crippen molar-refractivity contribution in [3.05, 3.63) is 29.8 Å². The Balaban J connectivity index is 0.00000121. The van der Waals surface area contributed by atoms with E-state index < -0.39 is 0 Å². The Kier molecular flexibility index (Phi) is 4.05. The van der Waals surface area contributed by atoms with Crippen molar-refractivity contribution < 1.29 is 0 Å². The first-order chi connectivity index (χ1) is 5.25. The predicted octanol–water partition coefficient (Wildman–Crippen LogP) is 2.68. The molecule has 0 spiro atoms. The van der Waals surface area contributed by atoms with Crippen LogP contribution < -0.4 is 5.01 Å². The third-order valence-electron chi connectivity index (χ3n) is 1.68. The Hall–Kier alpha value is -1.31. The van der Waals surface area contributed by atoms with Crippen LogP contribution in [0.1, 0.15) is 13.0 Å². The van der Waals surface area contributed by atoms with Crippen molar-refractivity contribution in [2.24, 2.45) is 5.10 Å². The van der Waals surface area contributed by atoms with Gasteiger partial charge < -0.3 is 0 Å². The highest BCUT2D eigenvalue weighted by atomic mass is 15.4. The number of hydrazone groups is 1. The van der Waals surface area contributed by atoms with Crippen molar-refractivity contribution in [2.45, 2.75) is 14.4 Å². The molecule has 0 N–H and O–H groups in total. The summed E-state index contributed by atoms with van der Waals surface area (Å²) < 4.78 is 0. The summed E-state index contributed by atoms with van der Waals surface area (Å²) in [5, 5.41) is 5.56. The summed E-state index contributed by atoms with van der Waals surface area (Å²) in [6, 6.07) is 8.07. The van der Waals surface area contributed by atoms with Gasteiger partial charge in [-0.2, -0.15) is 5.10 Å². The van der Waals surface area contributed by atoms with Gasteiger partial charge in [0.1, 0.15) is 0 Å². The minimum absolute atomic E-state index is 0. The average molecular weight is 164 g/mol. The van der Waals surface area contributed by atoms with E-state index in [0.717, 1.165) is 5.69 Å². The maximum Gasteiger partial charge on any atom is 0.0619 e. The Morgan fingerprint density at radius 3 is 2.42 bits per heavy atom. The molecule has 66 valence electrons. The molecule has 2 nitrogen and oxygen atoms in total. The highest BCUT2D eigenvalue weighted by Crippen LogP contribution is 2.16. The average Bonchev–Trinajstić information content (AvgIpc) is 2.04. The second kappa shape index (κ2) is 4.54. The highest BCUT2D eigenvalue weighted by molar-refractivity contribution is 5.52. The lowest BCUT2D eigenvalue weighted by Gasteiger charge is -2.13. The first kappa shape index (κ1) is 10.7. The molecule has 1 rings (SSSR count). The zero-order valence-corrected chi connectivity index (χ0v) is 6.91. The maximum atomic E-state index is 3.80. The summed E-state index contributed by atoms with van der Waals surface area (Å²) in [4.78, 5) is 0. The van der Waals surface area contributed by atoms with E-state index in [4.69, 9.17) is 0 Å². The molecule has 0 fully saturated rings. The molecular weight excluding hydrogens is 148 g/mol. The fraction of sp³-hybridized carbons (Fsp3) is 0.300. The van der Waals surface area contributed by atoms with Crippen LogP contribution in [-0.2, 0) is 0 Å². The third-order valence-corrected chi connectivity index (χ3v) is 1.68. The zero-order valence-electron chi connectivity index (χ0n) is 6.91. The van der Waals surface area contributed by atoms with Crippen LogP contribution in [0.25, 0.3) is 0 Å². The molecule has 0 aliphatic rings. The molecule has 0 radical (unpaired) electrons. The largest absolute Gasteiger partial charge is 0.269 e. The summed E-state index contributed by atoms with van der Waals surface area (Å²) in [6.07, 6.45) is 0. The van der Waals surface area contributed by atoms with Gasteiger partial charge in [-0.05, 0) is 18.6 Å². The number of para-hydroxylation sites is 1. The normalized spacial score (nSPS) is 8.50. The fourth-order valence-corrected chi connectivity index (χ4v) is 1.00. The van der Waals surface area contributed by atoms with Gasteiger partial charge in [0.15, 0.2) is 0 Å². The molecule has 0 heterocycles. The van der Waals surface area contributed by atoms with Gasteiger partial charge >= 0.3 is 0 Å². The lowest BCUT2D eigenvalue weighted by atomic mass is 10.2. The Morgan fingerprint density at radius 2 is 1.92 bits per heavy atom. The molecule has 0 aliphatic carbocycles. The number of nitrogens with zero attached hydrogens (tertiary/aromatic N) is 2. The van der Waals surface area contributed by atoms with Crippen molar-refractivity contribution >= 4 is 12.4 Å². The second-order valence-electron chi connectivity index (χ2n) is 2.45. The first-order valence-corrected chi connectivity index (χ1v) is 3.51. The van der Waals surface area contributed by atoms with Crippen molar-refractivity contribution in [1.82, 2.24) is 0 Å². The van der Waals surface area contributed by atoms with Crippen LogP contribution in [0.15, 0.2) is 29.4 Å². The van der Waals surface area contributed by atoms with Crippen LogP contribution in [0.4, 0.5) is 5.69 Å². The maximum absolute atomic E-state index is 3.80. The minimum atomic E-state index is 0. The summed E-state index contributed by atoms with van der Waals surface area (Å²) in [7, 11) is 1.88. The number of benzene rings is 1. The smallest absolute Gasteiger partial charge is 0.0619 e. The van der Waals surface area contributed by atoms with Gasteiger partial charge in [-0.15, -0.1) is 0 Å². The molecule has 0 bridgehead atoms. The highest BCUT2D eigenvalue weighted by Gasteiger charge is 1.98. The lowest BCUT2D eigenvalue weighted by Crippen LogP contribution is -2.08. The molecule has 0 aromatic heterocycles. The summed E-state index contributed by atoms with van der Waals surface area (Å²) in [6.45, 7) is 5.51. The van der Waals surface area contributed by atoms with Gasteiger partial charge in [-0.25, -0.2) is 0 Å². The predicted molar refractivity (Wildman–Crippen MR) is 55.9 cm³/mol. The van der Waals surface area contributed by atoms with Gasteiger partial charge in [0.05, 0.1) is 5.69 Å². The fourth-order valence-electron chi connectivity index (χ4n) is 1.00. The summed E-state index contributed by atoms with van der Waals surface area (Å²) in [5.41, 5.74) is 2.31. The summed E-state index contributed by atoms with van der Waals surface area (Å²) in [5.74, 6) is 0. The van der Waals surface area contributed by atoms with E-state index in [1.165, 1.54) is 5.56 Å². The molecule has 1 aromatic rings. The number of anilines is 1. The molecule has 0 amide bonds. The van der Waals surface area contributed by atoms with Crippen LogP contribution in [0.5, 0.6) is 0 Å². The number of hydrogen-bond donors (Lipinski definition) is 0. The molecule has 1 aromatic carbocycles. The van der Waals surface area contributed by atoms with E-state index in [2.05, 4.69) is 24.8 Å². The number of hydrogen-bond acceptors (Lipinski definition) is 2. The van der Waals surface area contributed by atoms with Crippen LogP contribution in [-0.4, -0.2) is 13.8 Å². The van der Waals surface area contributed by atoms with Crippen LogP contribution in [0.2, 0.25) is 0 Å². The molecule has 0 unspecified atom stereocenters. The van der Waals surface area contributed by atoms with E-state index in [1.54, 1.807) is 5.01 Å². The monoisotopic (exact) mass is 164 g/mol. The van der Waals surface area contributed by atoms with Crippen LogP contribution >= 0.6 is 0 Å². The summed E-state index contributed by atoms with van der Waals surface area (Å²) >= 11 is 0. The molecular formula is C10H16N2. The van der Waals surface area contributed by atoms with Gasteiger partial charge in [-0.3, -0.25) is 5.01 Å². The van der Waals surface area contributed by atoms with Gasteiger partial charge in [0.2, 0.25) is 0 Å². The van der Waals surface area contributed by atoms with Crippen molar-refractivity contribution in [2.75, 3.05) is 12.1 Å². The molecule has 0 saturated heterocycles. The topological polar surface area (TPSA) is 15.6 Å². The molecule has 0 aliphatic heterocycles. The minimum Gasteiger partial charge on any atom is -0.269 e. The third kappa shape index (κ3) is 2.09.